The van der Waals surface area contributed by atoms with E-state index in [1.54, 1.807) is 0 Å². The van der Waals surface area contributed by atoms with E-state index < -0.39 is 11.2 Å². The van der Waals surface area contributed by atoms with Crippen molar-refractivity contribution < 1.29 is 4.55 Å². The summed E-state index contributed by atoms with van der Waals surface area (Å²) in [7, 11) is 0. The minimum absolute atomic E-state index is 0.440. The monoisotopic (exact) mass is 220 g/mol. The Morgan fingerprint density at radius 3 is 1.54 bits per heavy atom. The topological polar surface area (TPSA) is 23.1 Å². The van der Waals surface area contributed by atoms with E-state index in [-0.39, 0.29) is 0 Å². The summed E-state index contributed by atoms with van der Waals surface area (Å²) < 4.78 is 10.6. The first kappa shape index (κ1) is 11.7. The number of rotatable bonds is 0. The van der Waals surface area contributed by atoms with Gasteiger partial charge in [-0.25, -0.2) is 0 Å². The van der Waals surface area contributed by atoms with E-state index in [4.69, 9.17) is 0 Å². The normalized spacial score (nSPS) is 24.7. The van der Waals surface area contributed by atoms with Crippen LogP contribution in [0, 0.1) is 0 Å². The van der Waals surface area contributed by atoms with Crippen molar-refractivity contribution in [3.63, 3.8) is 0 Å². The van der Waals surface area contributed by atoms with Crippen LogP contribution >= 0.6 is 11.8 Å². The number of hydrogen-bond acceptors (Lipinski definition) is 2. The van der Waals surface area contributed by atoms with E-state index in [1.165, 1.54) is 50.0 Å². The molecule has 0 aromatic heterocycles. The molecule has 0 unspecified atom stereocenters. The van der Waals surface area contributed by atoms with Gasteiger partial charge in [-0.2, -0.15) is 11.8 Å². The minimum Gasteiger partial charge on any atom is -0.616 e. The molecule has 0 N–H and O–H groups in total. The summed E-state index contributed by atoms with van der Waals surface area (Å²) in [5.74, 6) is 4.75. The Hall–Kier alpha value is 0.660. The highest BCUT2D eigenvalue weighted by molar-refractivity contribution is 7.99. The van der Waals surface area contributed by atoms with Gasteiger partial charge in [-0.05, 0) is 43.6 Å². The zero-order valence-electron chi connectivity index (χ0n) is 8.30. The van der Waals surface area contributed by atoms with Crippen LogP contribution in [0.2, 0.25) is 0 Å². The van der Waals surface area contributed by atoms with Gasteiger partial charge in [0.1, 0.15) is 11.5 Å². The van der Waals surface area contributed by atoms with Crippen LogP contribution in [-0.4, -0.2) is 27.6 Å². The molecule has 0 saturated carbocycles. The summed E-state index contributed by atoms with van der Waals surface area (Å²) in [6.45, 7) is 0. The van der Waals surface area contributed by atoms with Gasteiger partial charge in [-0.1, -0.05) is 17.6 Å². The van der Waals surface area contributed by atoms with Crippen molar-refractivity contribution in [3.05, 3.63) is 0 Å². The molecular weight excluding hydrogens is 200 g/mol. The molecule has 0 amide bonds. The van der Waals surface area contributed by atoms with Crippen molar-refractivity contribution in [2.75, 3.05) is 23.0 Å². The molecule has 0 aliphatic carbocycles. The molecule has 0 radical (unpaired) electrons. The van der Waals surface area contributed by atoms with Gasteiger partial charge in [0.25, 0.3) is 0 Å². The molecule has 2 fully saturated rings. The molecule has 1 nitrogen and oxygen atoms in total. The summed E-state index contributed by atoms with van der Waals surface area (Å²) in [5.41, 5.74) is 0. The zero-order valence-corrected chi connectivity index (χ0v) is 9.93. The van der Waals surface area contributed by atoms with Gasteiger partial charge < -0.3 is 4.55 Å². The first-order valence-electron chi connectivity index (χ1n) is 5.32. The Kier molecular flexibility index (Phi) is 7.23. The van der Waals surface area contributed by atoms with E-state index in [0.29, 0.717) is 0 Å². The highest BCUT2D eigenvalue weighted by atomic mass is 32.2. The maximum absolute atomic E-state index is 10.6. The second kappa shape index (κ2) is 8.01. The molecule has 0 aromatic rings. The minimum atomic E-state index is -0.440. The van der Waals surface area contributed by atoms with E-state index in [2.05, 4.69) is 11.8 Å². The Bertz CT molecular complexity index is 98.0. The molecule has 0 spiro atoms. The SMILES string of the molecule is C1CCSCC1.[O-][S+]1CCCCC1. The number of hydrogen-bond donors (Lipinski definition) is 0. The molecule has 2 aliphatic heterocycles. The summed E-state index contributed by atoms with van der Waals surface area (Å²) in [4.78, 5) is 0. The third-order valence-corrected chi connectivity index (χ3v) is 4.96. The molecule has 0 atom stereocenters. The maximum atomic E-state index is 10.6. The van der Waals surface area contributed by atoms with Crippen LogP contribution in [0.1, 0.15) is 38.5 Å². The molecule has 2 aliphatic rings. The van der Waals surface area contributed by atoms with Crippen LogP contribution in [0.25, 0.3) is 0 Å². The van der Waals surface area contributed by atoms with Crippen molar-refractivity contribution >= 4 is 22.9 Å². The summed E-state index contributed by atoms with van der Waals surface area (Å²) in [6.07, 6.45) is 8.08. The van der Waals surface area contributed by atoms with E-state index >= 15 is 0 Å². The zero-order chi connectivity index (χ0) is 9.36. The highest BCUT2D eigenvalue weighted by Crippen LogP contribution is 2.14. The van der Waals surface area contributed by atoms with E-state index in [0.717, 1.165) is 11.5 Å². The van der Waals surface area contributed by atoms with E-state index in [1.807, 2.05) is 0 Å². The first-order valence-corrected chi connectivity index (χ1v) is 7.96. The van der Waals surface area contributed by atoms with Crippen LogP contribution in [-0.2, 0) is 11.2 Å². The van der Waals surface area contributed by atoms with E-state index in [9.17, 15) is 4.55 Å². The Balaban J connectivity index is 0.000000132. The lowest BCUT2D eigenvalue weighted by Crippen LogP contribution is -2.15. The van der Waals surface area contributed by atoms with Gasteiger partial charge in [0.15, 0.2) is 0 Å². The second-order valence-corrected chi connectivity index (χ2v) is 6.50. The van der Waals surface area contributed by atoms with Crippen LogP contribution in [0.5, 0.6) is 0 Å². The largest absolute Gasteiger partial charge is 0.616 e. The third kappa shape index (κ3) is 6.69. The predicted octanol–water partition coefficient (Wildman–Crippen LogP) is 2.82. The fraction of sp³-hybridized carbons (Fsp3) is 1.00. The Morgan fingerprint density at radius 2 is 1.31 bits per heavy atom. The average molecular weight is 220 g/mol. The van der Waals surface area contributed by atoms with Gasteiger partial charge in [0.2, 0.25) is 0 Å². The summed E-state index contributed by atoms with van der Waals surface area (Å²) >= 11 is 1.65. The molecule has 13 heavy (non-hydrogen) atoms. The van der Waals surface area contributed by atoms with Gasteiger partial charge in [-0.15, -0.1) is 0 Å². The molecular formula is C10H20OS2. The van der Waals surface area contributed by atoms with Crippen molar-refractivity contribution in [2.45, 2.75) is 38.5 Å². The van der Waals surface area contributed by atoms with Gasteiger partial charge in [-0.3, -0.25) is 0 Å². The van der Waals surface area contributed by atoms with Crippen molar-refractivity contribution in [1.82, 2.24) is 0 Å². The molecule has 0 aromatic carbocycles. The van der Waals surface area contributed by atoms with Gasteiger partial charge >= 0.3 is 0 Å². The predicted molar refractivity (Wildman–Crippen MR) is 62.9 cm³/mol. The Labute approximate surface area is 89.2 Å². The Morgan fingerprint density at radius 1 is 0.769 bits per heavy atom. The van der Waals surface area contributed by atoms with Crippen molar-refractivity contribution in [1.29, 1.82) is 0 Å². The van der Waals surface area contributed by atoms with Gasteiger partial charge in [0, 0.05) is 0 Å². The molecule has 2 rings (SSSR count). The van der Waals surface area contributed by atoms with Crippen LogP contribution in [0.15, 0.2) is 0 Å². The average Bonchev–Trinajstić information content (AvgIpc) is 2.22. The molecule has 2 heterocycles. The summed E-state index contributed by atoms with van der Waals surface area (Å²) in [5, 5.41) is 0. The summed E-state index contributed by atoms with van der Waals surface area (Å²) in [6, 6.07) is 0. The molecule has 78 valence electrons. The van der Waals surface area contributed by atoms with Crippen LogP contribution in [0.3, 0.4) is 0 Å². The van der Waals surface area contributed by atoms with Crippen molar-refractivity contribution in [3.8, 4) is 0 Å². The lowest BCUT2D eigenvalue weighted by molar-refractivity contribution is 0.574. The fourth-order valence-electron chi connectivity index (χ4n) is 1.49. The van der Waals surface area contributed by atoms with Gasteiger partial charge in [0.05, 0.1) is 0 Å². The lowest BCUT2D eigenvalue weighted by atomic mass is 10.3. The van der Waals surface area contributed by atoms with Crippen molar-refractivity contribution in [2.24, 2.45) is 0 Å². The number of thioether (sulfide) groups is 1. The first-order chi connectivity index (χ1) is 6.39. The standard InChI is InChI=1S/C5H10OS.C5H10S/c6-7-4-2-1-3-5-7;1-2-4-6-5-3-1/h1-5H2;1-5H2. The molecule has 0 bridgehead atoms. The third-order valence-electron chi connectivity index (χ3n) is 2.32. The quantitative estimate of drug-likeness (QED) is 0.586. The second-order valence-electron chi connectivity index (χ2n) is 3.58. The van der Waals surface area contributed by atoms with Crippen LogP contribution < -0.4 is 0 Å². The maximum Gasteiger partial charge on any atom is 0.105 e. The highest BCUT2D eigenvalue weighted by Gasteiger charge is 2.10. The fourth-order valence-corrected chi connectivity index (χ4v) is 3.77. The molecule has 2 saturated heterocycles. The smallest absolute Gasteiger partial charge is 0.105 e. The lowest BCUT2D eigenvalue weighted by Gasteiger charge is -2.14. The van der Waals surface area contributed by atoms with Crippen LogP contribution in [0.4, 0.5) is 0 Å². The molecule has 3 heteroatoms.